The normalized spacial score (nSPS) is 19.0. The van der Waals surface area contributed by atoms with Crippen molar-refractivity contribution in [3.63, 3.8) is 0 Å². The molecule has 3 amide bonds. The number of hydrogen-bond acceptors (Lipinski definition) is 5. The van der Waals surface area contributed by atoms with Crippen LogP contribution in [0.15, 0.2) is 48.5 Å². The molecule has 2 aliphatic rings. The van der Waals surface area contributed by atoms with Gasteiger partial charge in [0.1, 0.15) is 0 Å². The minimum absolute atomic E-state index is 0.00806. The summed E-state index contributed by atoms with van der Waals surface area (Å²) in [6.45, 7) is 5.99. The summed E-state index contributed by atoms with van der Waals surface area (Å²) in [5, 5.41) is 21.8. The number of rotatable bonds is 5. The zero-order valence-corrected chi connectivity index (χ0v) is 20.9. The number of hydrogen-bond donors (Lipinski definition) is 2. The molecule has 1 atom stereocenters. The SMILES string of the molecule is C[C@H]1CN(Cc2ccc(N(C)C(=O)N3CCC(Nc4cccc(C#N)c4)CC3)cc2)CCN1C(=O)O. The molecule has 2 heterocycles. The number of carboxylic acid groups (broad SMARTS) is 1. The second kappa shape index (κ2) is 11.3. The van der Waals surface area contributed by atoms with Crippen LogP contribution in [0, 0.1) is 11.3 Å². The molecule has 9 heteroatoms. The molecule has 2 fully saturated rings. The van der Waals surface area contributed by atoms with Gasteiger partial charge in [-0.05, 0) is 55.7 Å². The molecule has 2 N–H and O–H groups in total. The first-order chi connectivity index (χ1) is 17.3. The Kier molecular flexibility index (Phi) is 7.96. The van der Waals surface area contributed by atoms with Gasteiger partial charge in [-0.1, -0.05) is 18.2 Å². The average molecular weight is 491 g/mol. The third-order valence-corrected chi connectivity index (χ3v) is 7.10. The van der Waals surface area contributed by atoms with Gasteiger partial charge in [-0.2, -0.15) is 5.26 Å². The van der Waals surface area contributed by atoms with Crippen LogP contribution in [0.5, 0.6) is 0 Å². The summed E-state index contributed by atoms with van der Waals surface area (Å²) in [6, 6.07) is 17.9. The first-order valence-corrected chi connectivity index (χ1v) is 12.4. The number of amides is 3. The van der Waals surface area contributed by atoms with Crippen LogP contribution in [-0.2, 0) is 6.54 Å². The summed E-state index contributed by atoms with van der Waals surface area (Å²) in [4.78, 5) is 31.7. The average Bonchev–Trinajstić information content (AvgIpc) is 2.89. The highest BCUT2D eigenvalue weighted by atomic mass is 16.4. The standard InChI is InChI=1S/C27H34N6O3/c1-20-18-31(14-15-33(20)27(35)36)19-21-6-8-25(9-7-21)30(2)26(34)32-12-10-23(11-13-32)29-24-5-3-4-22(16-24)17-28/h3-9,16,20,23,29H,10-15,18-19H2,1-2H3,(H,35,36)/t20-/m0/s1. The molecule has 2 saturated heterocycles. The summed E-state index contributed by atoms with van der Waals surface area (Å²) < 4.78 is 0. The lowest BCUT2D eigenvalue weighted by atomic mass is 10.0. The van der Waals surface area contributed by atoms with Gasteiger partial charge in [0.05, 0.1) is 11.6 Å². The molecule has 0 aromatic heterocycles. The third-order valence-electron chi connectivity index (χ3n) is 7.10. The Morgan fingerprint density at radius 3 is 2.47 bits per heavy atom. The molecule has 4 rings (SSSR count). The van der Waals surface area contributed by atoms with Crippen LogP contribution >= 0.6 is 0 Å². The molecule has 2 aliphatic heterocycles. The minimum atomic E-state index is -0.856. The second-order valence-corrected chi connectivity index (χ2v) is 9.67. The van der Waals surface area contributed by atoms with Crippen molar-refractivity contribution in [1.29, 1.82) is 5.26 Å². The van der Waals surface area contributed by atoms with E-state index in [9.17, 15) is 14.7 Å². The van der Waals surface area contributed by atoms with Crippen molar-refractivity contribution in [2.45, 2.75) is 38.4 Å². The zero-order valence-electron chi connectivity index (χ0n) is 20.9. The molecule has 0 spiro atoms. The Hall–Kier alpha value is -3.77. The van der Waals surface area contributed by atoms with Crippen LogP contribution < -0.4 is 10.2 Å². The summed E-state index contributed by atoms with van der Waals surface area (Å²) in [5.41, 5.74) is 3.56. The zero-order chi connectivity index (χ0) is 25.7. The van der Waals surface area contributed by atoms with Crippen molar-refractivity contribution >= 4 is 23.5 Å². The van der Waals surface area contributed by atoms with E-state index in [-0.39, 0.29) is 18.1 Å². The van der Waals surface area contributed by atoms with Crippen molar-refractivity contribution in [3.8, 4) is 6.07 Å². The van der Waals surface area contributed by atoms with Gasteiger partial charge in [0.25, 0.3) is 0 Å². The maximum absolute atomic E-state index is 13.1. The Bertz CT molecular complexity index is 1110. The van der Waals surface area contributed by atoms with Crippen LogP contribution in [0.1, 0.15) is 30.9 Å². The fourth-order valence-electron chi connectivity index (χ4n) is 5.00. The van der Waals surface area contributed by atoms with Crippen molar-refractivity contribution in [2.24, 2.45) is 0 Å². The van der Waals surface area contributed by atoms with Crippen LogP contribution in [-0.4, -0.2) is 83.8 Å². The van der Waals surface area contributed by atoms with E-state index in [4.69, 9.17) is 5.26 Å². The van der Waals surface area contributed by atoms with Gasteiger partial charge in [0.15, 0.2) is 0 Å². The topological polar surface area (TPSA) is 103 Å². The number of nitrogens with one attached hydrogen (secondary N) is 1. The minimum Gasteiger partial charge on any atom is -0.465 e. The highest BCUT2D eigenvalue weighted by Gasteiger charge is 2.28. The summed E-state index contributed by atoms with van der Waals surface area (Å²) in [6.07, 6.45) is 0.844. The Balaban J connectivity index is 1.26. The van der Waals surface area contributed by atoms with Crippen LogP contribution in [0.3, 0.4) is 0 Å². The number of anilines is 2. The van der Waals surface area contributed by atoms with Crippen molar-refractivity contribution in [1.82, 2.24) is 14.7 Å². The number of likely N-dealkylation sites (tertiary alicyclic amines) is 1. The lowest BCUT2D eigenvalue weighted by Crippen LogP contribution is -2.53. The van der Waals surface area contributed by atoms with E-state index in [0.717, 1.165) is 36.3 Å². The highest BCUT2D eigenvalue weighted by Crippen LogP contribution is 2.22. The van der Waals surface area contributed by atoms with Crippen LogP contribution in [0.2, 0.25) is 0 Å². The quantitative estimate of drug-likeness (QED) is 0.660. The van der Waals surface area contributed by atoms with Gasteiger partial charge in [0.2, 0.25) is 0 Å². The molecule has 0 unspecified atom stereocenters. The molecule has 190 valence electrons. The maximum atomic E-state index is 13.1. The number of nitriles is 1. The lowest BCUT2D eigenvalue weighted by Gasteiger charge is -2.38. The van der Waals surface area contributed by atoms with Gasteiger partial charge in [-0.25, -0.2) is 9.59 Å². The lowest BCUT2D eigenvalue weighted by molar-refractivity contribution is 0.0711. The largest absolute Gasteiger partial charge is 0.465 e. The Morgan fingerprint density at radius 2 is 1.83 bits per heavy atom. The summed E-state index contributed by atoms with van der Waals surface area (Å²) in [5.74, 6) is 0. The van der Waals surface area contributed by atoms with Gasteiger partial charge in [-0.3, -0.25) is 9.80 Å². The number of urea groups is 1. The van der Waals surface area contributed by atoms with E-state index in [1.54, 1.807) is 11.0 Å². The number of benzene rings is 2. The van der Waals surface area contributed by atoms with Gasteiger partial charge < -0.3 is 20.2 Å². The molecular formula is C27H34N6O3. The number of piperidine rings is 1. The van der Waals surface area contributed by atoms with Crippen LogP contribution in [0.25, 0.3) is 0 Å². The molecule has 9 nitrogen and oxygen atoms in total. The van der Waals surface area contributed by atoms with Gasteiger partial charge in [-0.15, -0.1) is 0 Å². The number of carbonyl (C=O) groups excluding carboxylic acids is 1. The summed E-state index contributed by atoms with van der Waals surface area (Å²) >= 11 is 0. The predicted octanol–water partition coefficient (Wildman–Crippen LogP) is 3.88. The fraction of sp³-hybridized carbons (Fsp3) is 0.444. The monoisotopic (exact) mass is 490 g/mol. The van der Waals surface area contributed by atoms with Crippen molar-refractivity contribution in [3.05, 3.63) is 59.7 Å². The first kappa shape index (κ1) is 25.3. The summed E-state index contributed by atoms with van der Waals surface area (Å²) in [7, 11) is 1.81. The van der Waals surface area contributed by atoms with E-state index in [1.807, 2.05) is 61.3 Å². The Labute approximate surface area is 212 Å². The molecule has 0 aliphatic carbocycles. The van der Waals surface area contributed by atoms with Crippen molar-refractivity contribution in [2.75, 3.05) is 50.0 Å². The van der Waals surface area contributed by atoms with E-state index in [0.29, 0.717) is 38.3 Å². The molecular weight excluding hydrogens is 456 g/mol. The molecule has 2 aromatic rings. The molecule has 0 saturated carbocycles. The van der Waals surface area contributed by atoms with Crippen LogP contribution in [0.4, 0.5) is 21.0 Å². The number of nitrogens with zero attached hydrogens (tertiary/aromatic N) is 5. The fourth-order valence-corrected chi connectivity index (χ4v) is 5.00. The van der Waals surface area contributed by atoms with E-state index < -0.39 is 6.09 Å². The third kappa shape index (κ3) is 6.07. The van der Waals surface area contributed by atoms with E-state index in [2.05, 4.69) is 16.3 Å². The second-order valence-electron chi connectivity index (χ2n) is 9.67. The predicted molar refractivity (Wildman–Crippen MR) is 139 cm³/mol. The van der Waals surface area contributed by atoms with Gasteiger partial charge >= 0.3 is 12.1 Å². The molecule has 2 aromatic carbocycles. The van der Waals surface area contributed by atoms with E-state index >= 15 is 0 Å². The maximum Gasteiger partial charge on any atom is 0.407 e. The molecule has 36 heavy (non-hydrogen) atoms. The van der Waals surface area contributed by atoms with Gasteiger partial charge in [0, 0.05) is 69.8 Å². The Morgan fingerprint density at radius 1 is 1.11 bits per heavy atom. The number of carbonyl (C=O) groups is 2. The smallest absolute Gasteiger partial charge is 0.407 e. The molecule has 0 bridgehead atoms. The van der Waals surface area contributed by atoms with E-state index in [1.165, 1.54) is 4.90 Å². The number of piperazine rings is 1. The molecule has 0 radical (unpaired) electrons. The highest BCUT2D eigenvalue weighted by molar-refractivity contribution is 5.91. The van der Waals surface area contributed by atoms with Crippen molar-refractivity contribution < 1.29 is 14.7 Å². The first-order valence-electron chi connectivity index (χ1n) is 12.4.